The van der Waals surface area contributed by atoms with Crippen LogP contribution in [0.1, 0.15) is 0 Å². The van der Waals surface area contributed by atoms with Crippen molar-refractivity contribution in [3.63, 3.8) is 0 Å². The van der Waals surface area contributed by atoms with Gasteiger partial charge in [0.1, 0.15) is 18.1 Å². The van der Waals surface area contributed by atoms with Gasteiger partial charge in [-0.3, -0.25) is 5.32 Å². The predicted octanol–water partition coefficient (Wildman–Crippen LogP) is 2.44. The summed E-state index contributed by atoms with van der Waals surface area (Å²) in [7, 11) is 3.06. The Morgan fingerprint density at radius 2 is 2.18 bits per heavy atom. The molecule has 0 saturated heterocycles. The maximum Gasteiger partial charge on any atom is 0.412 e. The summed E-state index contributed by atoms with van der Waals surface area (Å²) in [6, 6.07) is 5.08. The topological polar surface area (TPSA) is 56.8 Å². The molecule has 0 saturated carbocycles. The summed E-state index contributed by atoms with van der Waals surface area (Å²) in [6.07, 6.45) is 0.916. The van der Waals surface area contributed by atoms with Crippen LogP contribution < -0.4 is 14.8 Å². The van der Waals surface area contributed by atoms with Crippen molar-refractivity contribution in [1.29, 1.82) is 0 Å². The number of hydrogen-bond donors (Lipinski definition) is 1. The van der Waals surface area contributed by atoms with Crippen LogP contribution in [0.3, 0.4) is 0 Å². The van der Waals surface area contributed by atoms with Gasteiger partial charge in [-0.25, -0.2) is 4.79 Å². The van der Waals surface area contributed by atoms with Crippen LogP contribution in [0.2, 0.25) is 0 Å². The number of rotatable bonds is 5. The molecule has 0 unspecified atom stereocenters. The first kappa shape index (κ1) is 12.9. The van der Waals surface area contributed by atoms with E-state index in [1.165, 1.54) is 13.2 Å². The van der Waals surface area contributed by atoms with Crippen LogP contribution >= 0.6 is 0 Å². The summed E-state index contributed by atoms with van der Waals surface area (Å²) in [5.41, 5.74) is 0.487. The van der Waals surface area contributed by atoms with Crippen molar-refractivity contribution in [1.82, 2.24) is 0 Å². The van der Waals surface area contributed by atoms with Gasteiger partial charge in [0, 0.05) is 6.07 Å². The molecule has 0 aliphatic carbocycles. The number of nitrogens with one attached hydrogen (secondary N) is 1. The van der Waals surface area contributed by atoms with E-state index in [0.29, 0.717) is 17.2 Å². The Kier molecular flexibility index (Phi) is 4.87. The molecule has 0 aliphatic heterocycles. The van der Waals surface area contributed by atoms with Gasteiger partial charge in [-0.1, -0.05) is 12.7 Å². The molecule has 0 fully saturated rings. The lowest BCUT2D eigenvalue weighted by Crippen LogP contribution is -2.14. The third-order valence-corrected chi connectivity index (χ3v) is 1.98. The summed E-state index contributed by atoms with van der Waals surface area (Å²) in [5.74, 6) is 1.14. The fraction of sp³-hybridized carbons (Fsp3) is 0.250. The highest BCUT2D eigenvalue weighted by molar-refractivity contribution is 5.87. The monoisotopic (exact) mass is 237 g/mol. The van der Waals surface area contributed by atoms with Gasteiger partial charge in [-0.05, 0) is 12.1 Å². The van der Waals surface area contributed by atoms with Gasteiger partial charge >= 0.3 is 6.09 Å². The average Bonchev–Trinajstić information content (AvgIpc) is 2.36. The number of benzene rings is 1. The summed E-state index contributed by atoms with van der Waals surface area (Å²) in [4.78, 5) is 11.4. The van der Waals surface area contributed by atoms with Crippen molar-refractivity contribution in [2.24, 2.45) is 0 Å². The lowest BCUT2D eigenvalue weighted by atomic mass is 10.2. The van der Waals surface area contributed by atoms with Crippen LogP contribution in [0.15, 0.2) is 30.9 Å². The third kappa shape index (κ3) is 3.71. The van der Waals surface area contributed by atoms with Gasteiger partial charge in [0.05, 0.1) is 19.9 Å². The van der Waals surface area contributed by atoms with E-state index < -0.39 is 6.09 Å². The van der Waals surface area contributed by atoms with E-state index in [1.54, 1.807) is 25.3 Å². The second-order valence-electron chi connectivity index (χ2n) is 3.08. The first-order valence-electron chi connectivity index (χ1n) is 4.98. The van der Waals surface area contributed by atoms with Crippen LogP contribution in [0, 0.1) is 0 Å². The molecular formula is C12H15NO4. The minimum absolute atomic E-state index is 0.151. The first-order valence-corrected chi connectivity index (χ1v) is 4.98. The van der Waals surface area contributed by atoms with E-state index >= 15 is 0 Å². The fourth-order valence-electron chi connectivity index (χ4n) is 1.19. The number of carbonyl (C=O) groups excluding carboxylic acids is 1. The molecule has 0 radical (unpaired) electrons. The molecule has 0 heterocycles. The Balaban J connectivity index is 2.79. The SMILES string of the molecule is C=CCOC(=O)Nc1cc(OC)ccc1OC. The smallest absolute Gasteiger partial charge is 0.412 e. The fourth-order valence-corrected chi connectivity index (χ4v) is 1.19. The maximum absolute atomic E-state index is 11.4. The molecule has 1 rings (SSSR count). The molecule has 1 aromatic carbocycles. The Morgan fingerprint density at radius 3 is 2.76 bits per heavy atom. The summed E-state index contributed by atoms with van der Waals surface area (Å²) in [6.45, 7) is 3.60. The lowest BCUT2D eigenvalue weighted by molar-refractivity contribution is 0.174. The highest BCUT2D eigenvalue weighted by Crippen LogP contribution is 2.28. The van der Waals surface area contributed by atoms with E-state index in [0.717, 1.165) is 0 Å². The predicted molar refractivity (Wildman–Crippen MR) is 64.7 cm³/mol. The number of hydrogen-bond acceptors (Lipinski definition) is 4. The molecule has 5 nitrogen and oxygen atoms in total. The Morgan fingerprint density at radius 1 is 1.41 bits per heavy atom. The van der Waals surface area contributed by atoms with Crippen molar-refractivity contribution in [2.45, 2.75) is 0 Å². The number of carbonyl (C=O) groups is 1. The van der Waals surface area contributed by atoms with E-state index in [-0.39, 0.29) is 6.61 Å². The molecule has 0 bridgehead atoms. The molecule has 0 aromatic heterocycles. The van der Waals surface area contributed by atoms with Gasteiger partial charge in [0.15, 0.2) is 0 Å². The van der Waals surface area contributed by atoms with Crippen LogP contribution in [-0.4, -0.2) is 26.9 Å². The minimum atomic E-state index is -0.573. The average molecular weight is 237 g/mol. The molecule has 0 spiro atoms. The Bertz CT molecular complexity index is 403. The van der Waals surface area contributed by atoms with Crippen molar-refractivity contribution >= 4 is 11.8 Å². The van der Waals surface area contributed by atoms with Gasteiger partial charge in [-0.2, -0.15) is 0 Å². The van der Waals surface area contributed by atoms with Gasteiger partial charge in [0.2, 0.25) is 0 Å². The van der Waals surface area contributed by atoms with Crippen molar-refractivity contribution in [3.05, 3.63) is 30.9 Å². The van der Waals surface area contributed by atoms with E-state index in [4.69, 9.17) is 14.2 Å². The zero-order chi connectivity index (χ0) is 12.7. The van der Waals surface area contributed by atoms with Crippen LogP contribution in [0.5, 0.6) is 11.5 Å². The summed E-state index contributed by atoms with van der Waals surface area (Å²) < 4.78 is 15.0. The van der Waals surface area contributed by atoms with E-state index in [9.17, 15) is 4.79 Å². The molecular weight excluding hydrogens is 222 g/mol. The zero-order valence-electron chi connectivity index (χ0n) is 9.86. The number of amides is 1. The first-order chi connectivity index (χ1) is 8.21. The quantitative estimate of drug-likeness (QED) is 0.799. The Hall–Kier alpha value is -2.17. The minimum Gasteiger partial charge on any atom is -0.497 e. The number of methoxy groups -OCH3 is 2. The van der Waals surface area contributed by atoms with E-state index in [1.807, 2.05) is 0 Å². The normalized spacial score (nSPS) is 9.29. The molecule has 5 heteroatoms. The van der Waals surface area contributed by atoms with Gasteiger partial charge in [0.25, 0.3) is 0 Å². The highest BCUT2D eigenvalue weighted by Gasteiger charge is 2.09. The standard InChI is InChI=1S/C12H15NO4/c1-4-7-17-12(14)13-10-8-9(15-2)5-6-11(10)16-3/h4-6,8H,1,7H2,2-3H3,(H,13,14). The van der Waals surface area contributed by atoms with Crippen molar-refractivity contribution in [2.75, 3.05) is 26.1 Å². The lowest BCUT2D eigenvalue weighted by Gasteiger charge is -2.11. The maximum atomic E-state index is 11.4. The summed E-state index contributed by atoms with van der Waals surface area (Å²) in [5, 5.41) is 2.56. The molecule has 1 N–H and O–H groups in total. The summed E-state index contributed by atoms with van der Waals surface area (Å²) >= 11 is 0. The molecule has 0 aliphatic rings. The molecule has 92 valence electrons. The van der Waals surface area contributed by atoms with E-state index in [2.05, 4.69) is 11.9 Å². The second kappa shape index (κ2) is 6.42. The van der Waals surface area contributed by atoms with Crippen LogP contribution in [0.4, 0.5) is 10.5 Å². The highest BCUT2D eigenvalue weighted by atomic mass is 16.5. The molecule has 1 aromatic rings. The zero-order valence-corrected chi connectivity index (χ0v) is 9.86. The van der Waals surface area contributed by atoms with Gasteiger partial charge in [-0.15, -0.1) is 0 Å². The number of ether oxygens (including phenoxy) is 3. The van der Waals surface area contributed by atoms with Crippen LogP contribution in [0.25, 0.3) is 0 Å². The molecule has 0 atom stereocenters. The van der Waals surface area contributed by atoms with Crippen molar-refractivity contribution in [3.8, 4) is 11.5 Å². The third-order valence-electron chi connectivity index (χ3n) is 1.98. The second-order valence-corrected chi connectivity index (χ2v) is 3.08. The van der Waals surface area contributed by atoms with Crippen molar-refractivity contribution < 1.29 is 19.0 Å². The van der Waals surface area contributed by atoms with Crippen LogP contribution in [-0.2, 0) is 4.74 Å². The largest absolute Gasteiger partial charge is 0.497 e. The Labute approximate surface area is 100.0 Å². The molecule has 1 amide bonds. The van der Waals surface area contributed by atoms with Gasteiger partial charge < -0.3 is 14.2 Å². The molecule has 17 heavy (non-hydrogen) atoms. The number of anilines is 1.